The molecule has 3 heteroatoms. The van der Waals surface area contributed by atoms with Crippen molar-refractivity contribution < 1.29 is 9.50 Å². The lowest BCUT2D eigenvalue weighted by atomic mass is 10.0. The predicted octanol–water partition coefficient (Wildman–Crippen LogP) is 1.74. The molecule has 1 saturated heterocycles. The smallest absolute Gasteiger partial charge is 0.127 e. The van der Waals surface area contributed by atoms with Crippen LogP contribution in [0.1, 0.15) is 30.0 Å². The fourth-order valence-corrected chi connectivity index (χ4v) is 1.91. The van der Waals surface area contributed by atoms with Gasteiger partial charge < -0.3 is 10.4 Å². The molecule has 1 aliphatic rings. The van der Waals surface area contributed by atoms with Crippen LogP contribution in [0.3, 0.4) is 0 Å². The van der Waals surface area contributed by atoms with Gasteiger partial charge in [-0.2, -0.15) is 0 Å². The van der Waals surface area contributed by atoms with Gasteiger partial charge in [0.2, 0.25) is 0 Å². The van der Waals surface area contributed by atoms with Crippen LogP contribution in [0.15, 0.2) is 18.2 Å². The minimum atomic E-state index is -0.179. The van der Waals surface area contributed by atoms with Gasteiger partial charge in [0.25, 0.3) is 0 Å². The second kappa shape index (κ2) is 4.07. The number of benzene rings is 1. The quantitative estimate of drug-likeness (QED) is 0.753. The molecule has 0 spiro atoms. The molecule has 2 rings (SSSR count). The first-order valence-electron chi connectivity index (χ1n) is 4.94. The van der Waals surface area contributed by atoms with Gasteiger partial charge in [-0.25, -0.2) is 4.39 Å². The van der Waals surface area contributed by atoms with E-state index < -0.39 is 0 Å². The largest absolute Gasteiger partial charge is 0.392 e. The molecule has 0 aliphatic carbocycles. The Morgan fingerprint density at radius 3 is 3.00 bits per heavy atom. The number of hydrogen-bond donors (Lipinski definition) is 2. The van der Waals surface area contributed by atoms with Crippen LogP contribution in [0.2, 0.25) is 0 Å². The third kappa shape index (κ3) is 1.79. The highest BCUT2D eigenvalue weighted by atomic mass is 19.1. The van der Waals surface area contributed by atoms with Crippen molar-refractivity contribution >= 4 is 0 Å². The van der Waals surface area contributed by atoms with E-state index in [0.29, 0.717) is 5.56 Å². The topological polar surface area (TPSA) is 32.3 Å². The summed E-state index contributed by atoms with van der Waals surface area (Å²) in [5.41, 5.74) is 1.46. The van der Waals surface area contributed by atoms with Crippen LogP contribution in [-0.2, 0) is 6.61 Å². The Morgan fingerprint density at radius 2 is 2.36 bits per heavy atom. The lowest BCUT2D eigenvalue weighted by molar-refractivity contribution is 0.281. The standard InChI is InChI=1S/C11H14FNO/c12-10-4-3-8(7-14)6-9(10)11-2-1-5-13-11/h3-4,6,11,13-14H,1-2,5,7H2/t11-/m0/s1. The van der Waals surface area contributed by atoms with E-state index in [4.69, 9.17) is 5.11 Å². The molecular weight excluding hydrogens is 181 g/mol. The van der Waals surface area contributed by atoms with E-state index in [1.54, 1.807) is 12.1 Å². The predicted molar refractivity (Wildman–Crippen MR) is 52.3 cm³/mol. The highest BCUT2D eigenvalue weighted by molar-refractivity contribution is 5.27. The van der Waals surface area contributed by atoms with Crippen LogP contribution in [0.25, 0.3) is 0 Å². The first kappa shape index (κ1) is 9.62. The Balaban J connectivity index is 2.29. The van der Waals surface area contributed by atoms with Crippen molar-refractivity contribution in [1.82, 2.24) is 5.32 Å². The molecule has 0 amide bonds. The van der Waals surface area contributed by atoms with Crippen LogP contribution < -0.4 is 5.32 Å². The number of aliphatic hydroxyl groups excluding tert-OH is 1. The van der Waals surface area contributed by atoms with Crippen molar-refractivity contribution in [3.05, 3.63) is 35.1 Å². The van der Waals surface area contributed by atoms with Crippen molar-refractivity contribution in [2.75, 3.05) is 6.54 Å². The van der Waals surface area contributed by atoms with Crippen molar-refractivity contribution in [2.45, 2.75) is 25.5 Å². The zero-order valence-corrected chi connectivity index (χ0v) is 7.96. The average Bonchev–Trinajstić information content (AvgIpc) is 2.71. The molecule has 1 atom stereocenters. The maximum absolute atomic E-state index is 13.4. The van der Waals surface area contributed by atoms with Gasteiger partial charge in [0.05, 0.1) is 6.61 Å². The molecule has 0 radical (unpaired) electrons. The molecule has 0 bridgehead atoms. The van der Waals surface area contributed by atoms with Crippen molar-refractivity contribution in [2.24, 2.45) is 0 Å². The summed E-state index contributed by atoms with van der Waals surface area (Å²) < 4.78 is 13.4. The summed E-state index contributed by atoms with van der Waals surface area (Å²) >= 11 is 0. The third-order valence-corrected chi connectivity index (χ3v) is 2.68. The zero-order valence-electron chi connectivity index (χ0n) is 7.96. The fourth-order valence-electron chi connectivity index (χ4n) is 1.91. The van der Waals surface area contributed by atoms with Gasteiger partial charge in [0, 0.05) is 11.6 Å². The van der Waals surface area contributed by atoms with E-state index in [1.165, 1.54) is 6.07 Å². The Bertz CT molecular complexity index is 321. The molecule has 14 heavy (non-hydrogen) atoms. The molecule has 0 unspecified atom stereocenters. The SMILES string of the molecule is OCc1ccc(F)c([C@@H]2CCCN2)c1. The van der Waals surface area contributed by atoms with Gasteiger partial charge in [-0.3, -0.25) is 0 Å². The first-order chi connectivity index (χ1) is 6.81. The summed E-state index contributed by atoms with van der Waals surface area (Å²) in [5, 5.41) is 12.2. The second-order valence-corrected chi connectivity index (χ2v) is 3.66. The number of rotatable bonds is 2. The minimum Gasteiger partial charge on any atom is -0.392 e. The van der Waals surface area contributed by atoms with Crippen LogP contribution in [0, 0.1) is 5.82 Å². The molecule has 76 valence electrons. The molecule has 1 heterocycles. The number of nitrogens with one attached hydrogen (secondary N) is 1. The van der Waals surface area contributed by atoms with Crippen molar-refractivity contribution in [3.63, 3.8) is 0 Å². The first-order valence-corrected chi connectivity index (χ1v) is 4.94. The van der Waals surface area contributed by atoms with E-state index in [1.807, 2.05) is 0 Å². The monoisotopic (exact) mass is 195 g/mol. The maximum atomic E-state index is 13.4. The summed E-state index contributed by atoms with van der Waals surface area (Å²) in [6, 6.07) is 4.92. The number of aliphatic hydroxyl groups is 1. The van der Waals surface area contributed by atoms with E-state index in [-0.39, 0.29) is 18.5 Å². The Labute approximate surface area is 82.8 Å². The van der Waals surface area contributed by atoms with Crippen LogP contribution in [0.5, 0.6) is 0 Å². The molecule has 2 nitrogen and oxygen atoms in total. The Hall–Kier alpha value is -0.930. The summed E-state index contributed by atoms with van der Waals surface area (Å²) in [7, 11) is 0. The molecule has 0 aromatic heterocycles. The van der Waals surface area contributed by atoms with Gasteiger partial charge in [-0.15, -0.1) is 0 Å². The molecule has 1 aromatic carbocycles. The molecule has 1 fully saturated rings. The van der Waals surface area contributed by atoms with E-state index >= 15 is 0 Å². The number of hydrogen-bond acceptors (Lipinski definition) is 2. The summed E-state index contributed by atoms with van der Waals surface area (Å²) in [6.07, 6.45) is 2.07. The molecule has 1 aromatic rings. The van der Waals surface area contributed by atoms with E-state index in [0.717, 1.165) is 24.9 Å². The molecule has 1 aliphatic heterocycles. The van der Waals surface area contributed by atoms with Gasteiger partial charge in [0.1, 0.15) is 5.82 Å². The van der Waals surface area contributed by atoms with Gasteiger partial charge in [-0.1, -0.05) is 6.07 Å². The fraction of sp³-hybridized carbons (Fsp3) is 0.455. The Kier molecular flexibility index (Phi) is 2.79. The summed E-state index contributed by atoms with van der Waals surface area (Å²) in [4.78, 5) is 0. The van der Waals surface area contributed by atoms with Crippen LogP contribution in [-0.4, -0.2) is 11.7 Å². The van der Waals surface area contributed by atoms with Crippen LogP contribution in [0.4, 0.5) is 4.39 Å². The number of halogens is 1. The molecular formula is C11H14FNO. The summed E-state index contributed by atoms with van der Waals surface area (Å²) in [5.74, 6) is -0.179. The van der Waals surface area contributed by atoms with E-state index in [9.17, 15) is 4.39 Å². The lowest BCUT2D eigenvalue weighted by Gasteiger charge is -2.12. The van der Waals surface area contributed by atoms with Gasteiger partial charge >= 0.3 is 0 Å². The van der Waals surface area contributed by atoms with Gasteiger partial charge in [0.15, 0.2) is 0 Å². The lowest BCUT2D eigenvalue weighted by Crippen LogP contribution is -2.14. The third-order valence-electron chi connectivity index (χ3n) is 2.68. The van der Waals surface area contributed by atoms with Gasteiger partial charge in [-0.05, 0) is 37.1 Å². The van der Waals surface area contributed by atoms with Crippen LogP contribution >= 0.6 is 0 Å². The molecule has 0 saturated carbocycles. The normalized spacial score (nSPS) is 21.4. The highest BCUT2D eigenvalue weighted by Crippen LogP contribution is 2.26. The maximum Gasteiger partial charge on any atom is 0.127 e. The zero-order chi connectivity index (χ0) is 9.97. The van der Waals surface area contributed by atoms with Crippen molar-refractivity contribution in [3.8, 4) is 0 Å². The van der Waals surface area contributed by atoms with Crippen molar-refractivity contribution in [1.29, 1.82) is 0 Å². The molecule has 2 N–H and O–H groups in total. The highest BCUT2D eigenvalue weighted by Gasteiger charge is 2.19. The van der Waals surface area contributed by atoms with E-state index in [2.05, 4.69) is 5.32 Å². The summed E-state index contributed by atoms with van der Waals surface area (Å²) in [6.45, 7) is 0.924. The second-order valence-electron chi connectivity index (χ2n) is 3.66. The Morgan fingerprint density at radius 1 is 1.50 bits per heavy atom. The minimum absolute atomic E-state index is 0.0278. The average molecular weight is 195 g/mol.